The second-order valence-corrected chi connectivity index (χ2v) is 11.1. The number of likely N-dealkylation sites (N-methyl/N-ethyl adjacent to an activating group) is 1. The second-order valence-electron chi connectivity index (χ2n) is 9.37. The van der Waals surface area contributed by atoms with Crippen LogP contribution in [0.25, 0.3) is 0 Å². The van der Waals surface area contributed by atoms with Gasteiger partial charge in [0.05, 0.1) is 35.2 Å². The Morgan fingerprint density at radius 3 is 2.42 bits per heavy atom. The van der Waals surface area contributed by atoms with Crippen molar-refractivity contribution in [2.75, 3.05) is 19.1 Å². The summed E-state index contributed by atoms with van der Waals surface area (Å²) in [5.74, 6) is -1.20. The topological polar surface area (TPSA) is 105 Å². The molecule has 0 saturated carbocycles. The van der Waals surface area contributed by atoms with Crippen LogP contribution in [0.5, 0.6) is 5.75 Å². The van der Waals surface area contributed by atoms with Gasteiger partial charge in [-0.05, 0) is 43.7 Å². The zero-order valence-corrected chi connectivity index (χ0v) is 21.6. The third kappa shape index (κ3) is 3.67. The second kappa shape index (κ2) is 8.80. The Hall–Kier alpha value is -3.06. The molecular formula is C24H24N4O6S2. The molecule has 0 aromatic heterocycles. The fourth-order valence-electron chi connectivity index (χ4n) is 4.88. The number of ether oxygens (including phenoxy) is 1. The van der Waals surface area contributed by atoms with E-state index in [9.17, 15) is 19.7 Å². The number of rotatable bonds is 5. The van der Waals surface area contributed by atoms with Crippen molar-refractivity contribution in [3.05, 3.63) is 64.2 Å². The highest BCUT2D eigenvalue weighted by Gasteiger charge is 2.63. The zero-order valence-electron chi connectivity index (χ0n) is 20.0. The number of benzene rings is 2. The lowest BCUT2D eigenvalue weighted by atomic mass is 9.89. The van der Waals surface area contributed by atoms with E-state index in [1.165, 1.54) is 31.0 Å². The Bertz CT molecular complexity index is 1270. The number of methoxy groups -OCH3 is 1. The van der Waals surface area contributed by atoms with Gasteiger partial charge in [-0.25, -0.2) is 4.90 Å². The normalized spacial score (nSPS) is 27.6. The number of imide groups is 1. The van der Waals surface area contributed by atoms with Crippen molar-refractivity contribution >= 4 is 51.5 Å². The first-order chi connectivity index (χ1) is 17.1. The minimum Gasteiger partial charge on any atom is -0.497 e. The van der Waals surface area contributed by atoms with Crippen molar-refractivity contribution in [1.29, 1.82) is 0 Å². The number of fused-ring (bicyclic) bond motifs is 1. The summed E-state index contributed by atoms with van der Waals surface area (Å²) in [6, 6.07) is 12.0. The molecule has 3 aliphatic heterocycles. The average Bonchev–Trinajstić information content (AvgIpc) is 3.43. The lowest BCUT2D eigenvalue weighted by Gasteiger charge is -2.39. The van der Waals surface area contributed by atoms with E-state index in [4.69, 9.17) is 21.8 Å². The number of nitro groups is 1. The van der Waals surface area contributed by atoms with Crippen LogP contribution in [0, 0.1) is 16.0 Å². The maximum atomic E-state index is 13.8. The van der Waals surface area contributed by atoms with Gasteiger partial charge in [0, 0.05) is 19.2 Å². The summed E-state index contributed by atoms with van der Waals surface area (Å²) in [5.41, 5.74) is 0.322. The van der Waals surface area contributed by atoms with Gasteiger partial charge in [-0.3, -0.25) is 24.5 Å². The highest BCUT2D eigenvalue weighted by atomic mass is 32.2. The number of hydroxylamine groups is 2. The van der Waals surface area contributed by atoms with Crippen molar-refractivity contribution in [3.63, 3.8) is 0 Å². The van der Waals surface area contributed by atoms with Crippen LogP contribution in [0.4, 0.5) is 11.4 Å². The molecule has 3 saturated heterocycles. The van der Waals surface area contributed by atoms with Crippen molar-refractivity contribution in [2.45, 2.75) is 36.9 Å². The van der Waals surface area contributed by atoms with E-state index in [1.54, 1.807) is 41.5 Å². The third-order valence-corrected chi connectivity index (χ3v) is 9.13. The number of hydrogen-bond donors (Lipinski definition) is 0. The molecule has 10 nitrogen and oxygen atoms in total. The van der Waals surface area contributed by atoms with Gasteiger partial charge in [-0.2, -0.15) is 5.06 Å². The number of hydrogen-bond acceptors (Lipinski definition) is 9. The number of thioether (sulfide) groups is 1. The van der Waals surface area contributed by atoms with Gasteiger partial charge in [0.25, 0.3) is 11.6 Å². The molecular weight excluding hydrogens is 504 g/mol. The number of thiocarbonyl (C=S) groups is 1. The molecule has 0 N–H and O–H groups in total. The standard InChI is InChI=1S/C24H24N4O6S2/c1-24(2)22(36-23(35)25(24)3)27-18(13-6-5-7-15(12-13)28(31)32)17-19(34-27)21(30)26(20(17)29)14-8-10-16(33-4)11-9-14/h5-12,17-19,22H,1-4H3/t17-,18+,19-,22-/m1/s1. The molecule has 12 heteroatoms. The number of amides is 2. The predicted octanol–water partition coefficient (Wildman–Crippen LogP) is 3.52. The van der Waals surface area contributed by atoms with Gasteiger partial charge < -0.3 is 9.64 Å². The smallest absolute Gasteiger partial charge is 0.269 e. The first-order valence-corrected chi connectivity index (χ1v) is 12.5. The fourth-order valence-corrected chi connectivity index (χ4v) is 6.71. The SMILES string of the molecule is COc1ccc(N2C(=O)[C@H]3[C@@H](ON([C@@H]4SC(=S)N(C)C4(C)C)[C@H]3c3cccc([N+](=O)[O-])c3)C2=O)cc1. The summed E-state index contributed by atoms with van der Waals surface area (Å²) in [4.78, 5) is 47.7. The molecule has 2 amide bonds. The molecule has 0 unspecified atom stereocenters. The molecule has 3 fully saturated rings. The van der Waals surface area contributed by atoms with E-state index in [0.29, 0.717) is 21.3 Å². The Morgan fingerprint density at radius 2 is 1.83 bits per heavy atom. The van der Waals surface area contributed by atoms with Crippen LogP contribution in [0.2, 0.25) is 0 Å². The van der Waals surface area contributed by atoms with Gasteiger partial charge in [0.15, 0.2) is 6.10 Å². The monoisotopic (exact) mass is 528 g/mol. The molecule has 3 aliphatic rings. The number of nitro benzene ring substituents is 1. The van der Waals surface area contributed by atoms with Gasteiger partial charge in [-0.1, -0.05) is 36.1 Å². The van der Waals surface area contributed by atoms with E-state index >= 15 is 0 Å². The minimum atomic E-state index is -1.07. The molecule has 4 atom stereocenters. The lowest BCUT2D eigenvalue weighted by Crippen LogP contribution is -2.51. The Labute approximate surface area is 217 Å². The van der Waals surface area contributed by atoms with Crippen molar-refractivity contribution in [2.24, 2.45) is 5.92 Å². The molecule has 3 heterocycles. The Balaban J connectivity index is 1.58. The van der Waals surface area contributed by atoms with Crippen molar-refractivity contribution in [3.8, 4) is 5.75 Å². The van der Waals surface area contributed by atoms with E-state index in [2.05, 4.69) is 0 Å². The van der Waals surface area contributed by atoms with Crippen LogP contribution in [0.3, 0.4) is 0 Å². The summed E-state index contributed by atoms with van der Waals surface area (Å²) in [6.45, 7) is 4.00. The van der Waals surface area contributed by atoms with Gasteiger partial charge in [0.1, 0.15) is 15.4 Å². The largest absolute Gasteiger partial charge is 0.497 e. The number of nitrogens with zero attached hydrogens (tertiary/aromatic N) is 4. The zero-order chi connectivity index (χ0) is 25.9. The third-order valence-electron chi connectivity index (χ3n) is 7.08. The van der Waals surface area contributed by atoms with Crippen LogP contribution in [-0.4, -0.2) is 62.2 Å². The number of non-ortho nitro benzene ring substituents is 1. The number of carbonyl (C=O) groups is 2. The maximum Gasteiger partial charge on any atom is 0.269 e. The highest BCUT2D eigenvalue weighted by molar-refractivity contribution is 8.23. The van der Waals surface area contributed by atoms with Crippen LogP contribution < -0.4 is 9.64 Å². The summed E-state index contributed by atoms with van der Waals surface area (Å²) in [7, 11) is 3.42. The van der Waals surface area contributed by atoms with Crippen LogP contribution in [0.1, 0.15) is 25.5 Å². The summed E-state index contributed by atoms with van der Waals surface area (Å²) in [6.07, 6.45) is -1.07. The molecule has 0 bridgehead atoms. The molecule has 0 radical (unpaired) electrons. The summed E-state index contributed by atoms with van der Waals surface area (Å²) >= 11 is 6.93. The maximum absolute atomic E-state index is 13.8. The minimum absolute atomic E-state index is 0.106. The Kier molecular flexibility index (Phi) is 6.02. The van der Waals surface area contributed by atoms with Gasteiger partial charge in [0.2, 0.25) is 5.91 Å². The van der Waals surface area contributed by atoms with Crippen LogP contribution in [-0.2, 0) is 14.4 Å². The quantitative estimate of drug-likeness (QED) is 0.248. The van der Waals surface area contributed by atoms with Gasteiger partial charge >= 0.3 is 0 Å². The molecule has 2 aromatic rings. The lowest BCUT2D eigenvalue weighted by molar-refractivity contribution is -0.385. The fraction of sp³-hybridized carbons (Fsp3) is 0.375. The van der Waals surface area contributed by atoms with E-state index in [0.717, 1.165) is 4.90 Å². The predicted molar refractivity (Wildman–Crippen MR) is 137 cm³/mol. The van der Waals surface area contributed by atoms with E-state index < -0.39 is 40.3 Å². The summed E-state index contributed by atoms with van der Waals surface area (Å²) in [5, 5.41) is 12.8. The van der Waals surface area contributed by atoms with Crippen molar-refractivity contribution < 1.29 is 24.1 Å². The first-order valence-electron chi connectivity index (χ1n) is 11.2. The molecule has 188 valence electrons. The molecule has 36 heavy (non-hydrogen) atoms. The van der Waals surface area contributed by atoms with Crippen LogP contribution >= 0.6 is 24.0 Å². The number of anilines is 1. The van der Waals surface area contributed by atoms with E-state index in [-0.39, 0.29) is 11.1 Å². The van der Waals surface area contributed by atoms with E-state index in [1.807, 2.05) is 25.8 Å². The van der Waals surface area contributed by atoms with Crippen molar-refractivity contribution in [1.82, 2.24) is 9.96 Å². The molecule has 5 rings (SSSR count). The Morgan fingerprint density at radius 1 is 1.14 bits per heavy atom. The van der Waals surface area contributed by atoms with Gasteiger partial charge in [-0.15, -0.1) is 0 Å². The molecule has 0 aliphatic carbocycles. The molecule has 0 spiro atoms. The highest BCUT2D eigenvalue weighted by Crippen LogP contribution is 2.52. The summed E-state index contributed by atoms with van der Waals surface area (Å²) < 4.78 is 5.84. The first kappa shape index (κ1) is 24.6. The average molecular weight is 529 g/mol. The molecule has 2 aromatic carbocycles. The van der Waals surface area contributed by atoms with Crippen LogP contribution in [0.15, 0.2) is 48.5 Å². The number of carbonyl (C=O) groups excluding carboxylic acids is 2.